The van der Waals surface area contributed by atoms with E-state index in [2.05, 4.69) is 10.3 Å². The molecule has 0 aliphatic rings. The van der Waals surface area contributed by atoms with Crippen LogP contribution >= 0.6 is 11.3 Å². The summed E-state index contributed by atoms with van der Waals surface area (Å²) < 4.78 is 1.96. The number of nitrogens with zero attached hydrogens (tertiary/aromatic N) is 2. The zero-order valence-electron chi connectivity index (χ0n) is 13.8. The third kappa shape index (κ3) is 3.32. The van der Waals surface area contributed by atoms with Crippen LogP contribution in [-0.4, -0.2) is 15.5 Å². The van der Waals surface area contributed by atoms with E-state index in [1.165, 1.54) is 0 Å². The highest BCUT2D eigenvalue weighted by Gasteiger charge is 2.08. The second kappa shape index (κ2) is 6.53. The van der Waals surface area contributed by atoms with E-state index < -0.39 is 0 Å². The summed E-state index contributed by atoms with van der Waals surface area (Å²) in [4.78, 5) is 16.9. The first-order valence-electron chi connectivity index (χ1n) is 8.05. The van der Waals surface area contributed by atoms with Crippen LogP contribution in [0.25, 0.3) is 22.2 Å². The maximum Gasteiger partial charge on any atom is 0.244 e. The Kier molecular flexibility index (Phi) is 4.07. The van der Waals surface area contributed by atoms with E-state index in [1.807, 2.05) is 77.7 Å². The third-order valence-corrected chi connectivity index (χ3v) is 4.83. The molecule has 25 heavy (non-hydrogen) atoms. The Hall–Kier alpha value is -2.92. The molecule has 0 radical (unpaired) electrons. The molecule has 0 spiro atoms. The monoisotopic (exact) mass is 347 g/mol. The number of amides is 1. The van der Waals surface area contributed by atoms with E-state index >= 15 is 0 Å². The second-order valence-electron chi connectivity index (χ2n) is 5.88. The number of aromatic nitrogens is 2. The highest BCUT2D eigenvalue weighted by atomic mass is 32.1. The van der Waals surface area contributed by atoms with Crippen molar-refractivity contribution in [2.24, 2.45) is 0 Å². The number of carbonyl (C=O) groups excluding carboxylic acids is 1. The van der Waals surface area contributed by atoms with Crippen LogP contribution in [0.2, 0.25) is 0 Å². The Morgan fingerprint density at radius 3 is 2.88 bits per heavy atom. The molecule has 0 unspecified atom stereocenters. The molecule has 5 heteroatoms. The highest BCUT2D eigenvalue weighted by Crippen LogP contribution is 2.24. The Morgan fingerprint density at radius 1 is 1.16 bits per heavy atom. The minimum Gasteiger partial charge on any atom is -0.338 e. The van der Waals surface area contributed by atoms with Gasteiger partial charge in [-0.25, -0.2) is 4.98 Å². The lowest BCUT2D eigenvalue weighted by molar-refractivity contribution is -0.116. The van der Waals surface area contributed by atoms with Gasteiger partial charge in [0.1, 0.15) is 6.54 Å². The van der Waals surface area contributed by atoms with Crippen molar-refractivity contribution in [3.8, 4) is 11.3 Å². The molecule has 2 heterocycles. The molecule has 2 aromatic carbocycles. The summed E-state index contributed by atoms with van der Waals surface area (Å²) >= 11 is 1.62. The Bertz CT molecular complexity index is 1050. The van der Waals surface area contributed by atoms with Gasteiger partial charge in [-0.05, 0) is 36.6 Å². The molecule has 2 aromatic heterocycles. The first kappa shape index (κ1) is 15.6. The van der Waals surface area contributed by atoms with Crippen LogP contribution in [0.5, 0.6) is 0 Å². The molecule has 4 nitrogen and oxygen atoms in total. The van der Waals surface area contributed by atoms with E-state index in [4.69, 9.17) is 0 Å². The van der Waals surface area contributed by atoms with E-state index in [0.29, 0.717) is 0 Å². The topological polar surface area (TPSA) is 46.9 Å². The van der Waals surface area contributed by atoms with E-state index in [-0.39, 0.29) is 12.5 Å². The average Bonchev–Trinajstić information content (AvgIpc) is 3.22. The fourth-order valence-corrected chi connectivity index (χ4v) is 3.51. The normalized spacial score (nSPS) is 10.9. The maximum atomic E-state index is 12.4. The van der Waals surface area contributed by atoms with E-state index in [0.717, 1.165) is 32.9 Å². The van der Waals surface area contributed by atoms with Gasteiger partial charge in [-0.3, -0.25) is 4.79 Å². The summed E-state index contributed by atoms with van der Waals surface area (Å²) in [6.45, 7) is 2.27. The lowest BCUT2D eigenvalue weighted by Gasteiger charge is -2.08. The number of nitrogens with one attached hydrogen (secondary N) is 1. The lowest BCUT2D eigenvalue weighted by atomic mass is 10.1. The Balaban J connectivity index is 1.51. The van der Waals surface area contributed by atoms with Gasteiger partial charge in [-0.1, -0.05) is 30.3 Å². The fraction of sp³-hybridized carbons (Fsp3) is 0.100. The minimum absolute atomic E-state index is 0.0482. The van der Waals surface area contributed by atoms with Gasteiger partial charge >= 0.3 is 0 Å². The molecule has 4 aromatic rings. The van der Waals surface area contributed by atoms with Crippen LogP contribution in [-0.2, 0) is 11.3 Å². The number of para-hydroxylation sites is 1. The fourth-order valence-electron chi connectivity index (χ4n) is 2.89. The molecule has 0 aliphatic heterocycles. The number of anilines is 1. The van der Waals surface area contributed by atoms with Crippen molar-refractivity contribution in [3.05, 3.63) is 71.2 Å². The molecule has 0 aliphatic carbocycles. The van der Waals surface area contributed by atoms with Crippen LogP contribution < -0.4 is 5.32 Å². The molecule has 0 bridgehead atoms. The molecule has 0 fully saturated rings. The molecule has 0 saturated heterocycles. The summed E-state index contributed by atoms with van der Waals surface area (Å²) in [5.74, 6) is -0.0482. The Morgan fingerprint density at radius 2 is 2.04 bits per heavy atom. The van der Waals surface area contributed by atoms with Crippen LogP contribution in [0, 0.1) is 6.92 Å². The molecule has 0 saturated carbocycles. The quantitative estimate of drug-likeness (QED) is 0.581. The Labute approximate surface area is 149 Å². The summed E-state index contributed by atoms with van der Waals surface area (Å²) in [6.07, 6.45) is 1.94. The molecule has 1 amide bonds. The predicted molar refractivity (Wildman–Crippen MR) is 103 cm³/mol. The zero-order valence-corrected chi connectivity index (χ0v) is 14.6. The highest BCUT2D eigenvalue weighted by molar-refractivity contribution is 7.09. The summed E-state index contributed by atoms with van der Waals surface area (Å²) in [5.41, 5.74) is 3.79. The smallest absolute Gasteiger partial charge is 0.244 e. The van der Waals surface area contributed by atoms with Gasteiger partial charge in [-0.15, -0.1) is 11.3 Å². The number of benzene rings is 2. The van der Waals surface area contributed by atoms with E-state index in [9.17, 15) is 4.79 Å². The van der Waals surface area contributed by atoms with Crippen molar-refractivity contribution in [2.45, 2.75) is 13.5 Å². The maximum absolute atomic E-state index is 12.4. The van der Waals surface area contributed by atoms with Crippen molar-refractivity contribution in [3.63, 3.8) is 0 Å². The van der Waals surface area contributed by atoms with Gasteiger partial charge in [0.05, 0.1) is 10.7 Å². The van der Waals surface area contributed by atoms with Gasteiger partial charge in [0, 0.05) is 28.3 Å². The van der Waals surface area contributed by atoms with Crippen LogP contribution in [0.3, 0.4) is 0 Å². The van der Waals surface area contributed by atoms with Gasteiger partial charge < -0.3 is 9.88 Å². The summed E-state index contributed by atoms with van der Waals surface area (Å²) in [7, 11) is 0. The SMILES string of the molecule is Cc1nc(-c2cccc(NC(=O)Cn3ccc4ccccc43)c2)cs1. The van der Waals surface area contributed by atoms with Crippen molar-refractivity contribution in [1.82, 2.24) is 9.55 Å². The van der Waals surface area contributed by atoms with Gasteiger partial charge in [0.25, 0.3) is 0 Å². The molecule has 1 N–H and O–H groups in total. The predicted octanol–water partition coefficient (Wildman–Crippen LogP) is 4.71. The number of hydrogen-bond acceptors (Lipinski definition) is 3. The van der Waals surface area contributed by atoms with Gasteiger partial charge in [0.15, 0.2) is 0 Å². The van der Waals surface area contributed by atoms with Crippen molar-refractivity contribution in [1.29, 1.82) is 0 Å². The van der Waals surface area contributed by atoms with Gasteiger partial charge in [0.2, 0.25) is 5.91 Å². The number of aryl methyl sites for hydroxylation is 1. The zero-order chi connectivity index (χ0) is 17.2. The number of fused-ring (bicyclic) bond motifs is 1. The standard InChI is InChI=1S/C20H17N3OS/c1-14-21-18(13-25-14)16-6-4-7-17(11-16)22-20(24)12-23-10-9-15-5-2-3-8-19(15)23/h2-11,13H,12H2,1H3,(H,22,24). The summed E-state index contributed by atoms with van der Waals surface area (Å²) in [5, 5.41) is 7.17. The number of hydrogen-bond donors (Lipinski definition) is 1. The number of rotatable bonds is 4. The number of thiazole rings is 1. The van der Waals surface area contributed by atoms with E-state index in [1.54, 1.807) is 11.3 Å². The van der Waals surface area contributed by atoms with Crippen molar-refractivity contribution < 1.29 is 4.79 Å². The minimum atomic E-state index is -0.0482. The lowest BCUT2D eigenvalue weighted by Crippen LogP contribution is -2.18. The summed E-state index contributed by atoms with van der Waals surface area (Å²) in [6, 6.07) is 17.9. The second-order valence-corrected chi connectivity index (χ2v) is 6.95. The first-order valence-corrected chi connectivity index (χ1v) is 8.93. The molecular formula is C20H17N3OS. The largest absolute Gasteiger partial charge is 0.338 e. The molecule has 4 rings (SSSR count). The molecule has 124 valence electrons. The van der Waals surface area contributed by atoms with Crippen LogP contribution in [0.4, 0.5) is 5.69 Å². The van der Waals surface area contributed by atoms with Crippen molar-refractivity contribution in [2.75, 3.05) is 5.32 Å². The number of carbonyl (C=O) groups is 1. The molecular weight excluding hydrogens is 330 g/mol. The van der Waals surface area contributed by atoms with Gasteiger partial charge in [-0.2, -0.15) is 0 Å². The van der Waals surface area contributed by atoms with Crippen LogP contribution in [0.15, 0.2) is 66.2 Å². The first-order chi connectivity index (χ1) is 12.2. The van der Waals surface area contributed by atoms with Crippen molar-refractivity contribution >= 4 is 33.8 Å². The molecule has 0 atom stereocenters. The third-order valence-electron chi connectivity index (χ3n) is 4.06. The average molecular weight is 347 g/mol. The van der Waals surface area contributed by atoms with Crippen LogP contribution in [0.1, 0.15) is 5.01 Å².